The largest absolute Gasteiger partial charge is 0.489 e. The molecule has 0 aliphatic rings. The van der Waals surface area contributed by atoms with E-state index >= 15 is 0 Å². The van der Waals surface area contributed by atoms with Gasteiger partial charge in [-0.15, -0.1) is 11.8 Å². The van der Waals surface area contributed by atoms with E-state index in [9.17, 15) is 9.18 Å². The van der Waals surface area contributed by atoms with Crippen LogP contribution in [0.2, 0.25) is 0 Å². The Morgan fingerprint density at radius 3 is 2.93 bits per heavy atom. The van der Waals surface area contributed by atoms with E-state index in [1.807, 2.05) is 0 Å². The van der Waals surface area contributed by atoms with Crippen molar-refractivity contribution >= 4 is 23.4 Å². The molecule has 0 fully saturated rings. The molecule has 1 aromatic rings. The number of hydrogen-bond donors (Lipinski definition) is 1. The minimum atomic E-state index is -0.447. The Kier molecular flexibility index (Phi) is 4.21. The molecule has 0 saturated heterocycles. The predicted octanol–water partition coefficient (Wildman–Crippen LogP) is 1.86. The van der Waals surface area contributed by atoms with Gasteiger partial charge in [-0.2, -0.15) is 0 Å². The molecule has 1 rings (SSSR count). The van der Waals surface area contributed by atoms with Gasteiger partial charge in [0.2, 0.25) is 0 Å². The van der Waals surface area contributed by atoms with Crippen molar-refractivity contribution in [1.82, 2.24) is 0 Å². The van der Waals surface area contributed by atoms with Gasteiger partial charge in [0.1, 0.15) is 5.82 Å². The molecule has 1 aromatic carbocycles. The van der Waals surface area contributed by atoms with Gasteiger partial charge in [0.15, 0.2) is 11.7 Å². The summed E-state index contributed by atoms with van der Waals surface area (Å²) in [6.45, 7) is 0. The first kappa shape index (κ1) is 11.6. The molecular weight excluding hydrogens is 217 g/mol. The van der Waals surface area contributed by atoms with Crippen LogP contribution >= 0.6 is 11.8 Å². The Bertz CT molecular complexity index is 402. The maximum Gasteiger partial charge on any atom is 0.189 e. The third kappa shape index (κ3) is 3.31. The minimum Gasteiger partial charge on any atom is -0.489 e. The summed E-state index contributed by atoms with van der Waals surface area (Å²) in [5.74, 6) is 1.78. The zero-order valence-electron chi connectivity index (χ0n) is 8.12. The molecule has 0 heterocycles. The number of rotatable bonds is 4. The van der Waals surface area contributed by atoms with Gasteiger partial charge in [0, 0.05) is 4.90 Å². The highest BCUT2D eigenvalue weighted by Gasteiger charge is 2.03. The van der Waals surface area contributed by atoms with Crippen LogP contribution in [0.4, 0.5) is 10.1 Å². The Labute approximate surface area is 91.1 Å². The summed E-state index contributed by atoms with van der Waals surface area (Å²) in [7, 11) is 1.40. The molecule has 0 aliphatic carbocycles. The summed E-state index contributed by atoms with van der Waals surface area (Å²) >= 11 is 1.33. The van der Waals surface area contributed by atoms with Crippen LogP contribution in [0.25, 0.3) is 0 Å². The predicted molar refractivity (Wildman–Crippen MR) is 57.8 cm³/mol. The lowest BCUT2D eigenvalue weighted by atomic mass is 10.3. The molecule has 0 aromatic heterocycles. The van der Waals surface area contributed by atoms with Crippen LogP contribution in [0.1, 0.15) is 0 Å². The van der Waals surface area contributed by atoms with Crippen LogP contribution in [-0.2, 0) is 9.53 Å². The minimum absolute atomic E-state index is 0.0917. The maximum atomic E-state index is 12.8. The SMILES string of the molecule is COC(=C=O)CSc1ccc(F)c(N)c1. The Hall–Kier alpha value is -1.45. The number of carbonyl (C=O) groups excluding carboxylic acids is 1. The smallest absolute Gasteiger partial charge is 0.189 e. The second-order valence-electron chi connectivity index (χ2n) is 2.70. The van der Waals surface area contributed by atoms with Gasteiger partial charge in [0.05, 0.1) is 18.6 Å². The van der Waals surface area contributed by atoms with E-state index in [-0.39, 0.29) is 11.4 Å². The van der Waals surface area contributed by atoms with Gasteiger partial charge >= 0.3 is 0 Å². The zero-order valence-corrected chi connectivity index (χ0v) is 8.94. The van der Waals surface area contributed by atoms with Gasteiger partial charge in [-0.05, 0) is 18.2 Å². The molecule has 15 heavy (non-hydrogen) atoms. The van der Waals surface area contributed by atoms with E-state index in [0.717, 1.165) is 4.90 Å². The number of nitrogen functional groups attached to an aromatic ring is 1. The van der Waals surface area contributed by atoms with Crippen molar-refractivity contribution in [3.05, 3.63) is 29.8 Å². The molecule has 0 aliphatic heterocycles. The van der Waals surface area contributed by atoms with E-state index in [0.29, 0.717) is 5.75 Å². The molecule has 2 N–H and O–H groups in total. The van der Waals surface area contributed by atoms with Crippen molar-refractivity contribution in [2.75, 3.05) is 18.6 Å². The van der Waals surface area contributed by atoms with E-state index in [1.54, 1.807) is 12.0 Å². The number of halogens is 1. The summed E-state index contributed by atoms with van der Waals surface area (Å²) in [6.07, 6.45) is 0. The molecule has 5 heteroatoms. The van der Waals surface area contributed by atoms with Crippen molar-refractivity contribution in [3.63, 3.8) is 0 Å². The van der Waals surface area contributed by atoms with Crippen LogP contribution in [0, 0.1) is 5.82 Å². The van der Waals surface area contributed by atoms with Crippen molar-refractivity contribution in [3.8, 4) is 0 Å². The number of thioether (sulfide) groups is 1. The third-order valence-electron chi connectivity index (χ3n) is 1.70. The van der Waals surface area contributed by atoms with Crippen LogP contribution in [0.3, 0.4) is 0 Å². The van der Waals surface area contributed by atoms with Gasteiger partial charge in [-0.25, -0.2) is 9.18 Å². The van der Waals surface area contributed by atoms with E-state index < -0.39 is 5.82 Å². The summed E-state index contributed by atoms with van der Waals surface area (Å²) in [5.41, 5.74) is 5.48. The van der Waals surface area contributed by atoms with Crippen molar-refractivity contribution in [2.24, 2.45) is 0 Å². The number of benzene rings is 1. The van der Waals surface area contributed by atoms with Gasteiger partial charge in [-0.3, -0.25) is 0 Å². The summed E-state index contributed by atoms with van der Waals surface area (Å²) < 4.78 is 17.5. The second kappa shape index (κ2) is 5.44. The normalized spacial score (nSPS) is 9.47. The highest BCUT2D eigenvalue weighted by atomic mass is 32.2. The molecular formula is C10H10FNO2S. The molecule has 0 unspecified atom stereocenters. The monoisotopic (exact) mass is 227 g/mol. The van der Waals surface area contributed by atoms with Gasteiger partial charge in [-0.1, -0.05) is 0 Å². The Morgan fingerprint density at radius 2 is 2.40 bits per heavy atom. The molecule has 3 nitrogen and oxygen atoms in total. The number of ether oxygens (including phenoxy) is 1. The average Bonchev–Trinajstić information content (AvgIpc) is 2.24. The first-order chi connectivity index (χ1) is 7.17. The van der Waals surface area contributed by atoms with Crippen LogP contribution < -0.4 is 5.73 Å². The summed E-state index contributed by atoms with van der Waals surface area (Å²) in [5, 5.41) is 0. The quantitative estimate of drug-likeness (QED) is 0.369. The highest BCUT2D eigenvalue weighted by molar-refractivity contribution is 7.99. The lowest BCUT2D eigenvalue weighted by Gasteiger charge is -2.03. The summed E-state index contributed by atoms with van der Waals surface area (Å²) in [6, 6.07) is 4.39. The van der Waals surface area contributed by atoms with E-state index in [1.165, 1.54) is 31.0 Å². The Balaban J connectivity index is 2.66. The lowest BCUT2D eigenvalue weighted by molar-refractivity contribution is 0.299. The number of hydrogen-bond acceptors (Lipinski definition) is 4. The van der Waals surface area contributed by atoms with E-state index in [2.05, 4.69) is 0 Å². The number of nitrogens with two attached hydrogens (primary N) is 1. The Morgan fingerprint density at radius 1 is 1.67 bits per heavy atom. The van der Waals surface area contributed by atoms with Gasteiger partial charge in [0.25, 0.3) is 0 Å². The summed E-state index contributed by atoms with van der Waals surface area (Å²) in [4.78, 5) is 11.1. The number of anilines is 1. The fourth-order valence-electron chi connectivity index (χ4n) is 0.891. The standard InChI is InChI=1S/C10H10FNO2S/c1-14-7(5-13)6-15-8-2-3-9(11)10(12)4-8/h2-4H,6,12H2,1H3. The first-order valence-corrected chi connectivity index (χ1v) is 5.11. The van der Waals surface area contributed by atoms with Crippen LogP contribution in [0.15, 0.2) is 28.9 Å². The van der Waals surface area contributed by atoms with Crippen molar-refractivity contribution < 1.29 is 13.9 Å². The molecule has 0 radical (unpaired) electrons. The third-order valence-corrected chi connectivity index (χ3v) is 2.69. The molecule has 0 amide bonds. The molecule has 80 valence electrons. The zero-order chi connectivity index (χ0) is 11.3. The van der Waals surface area contributed by atoms with Crippen molar-refractivity contribution in [1.29, 1.82) is 0 Å². The first-order valence-electron chi connectivity index (χ1n) is 4.13. The van der Waals surface area contributed by atoms with Crippen LogP contribution in [-0.4, -0.2) is 18.8 Å². The number of methoxy groups -OCH3 is 1. The molecule has 0 saturated carbocycles. The maximum absolute atomic E-state index is 12.8. The highest BCUT2D eigenvalue weighted by Crippen LogP contribution is 2.23. The fourth-order valence-corrected chi connectivity index (χ4v) is 1.74. The topological polar surface area (TPSA) is 52.3 Å². The van der Waals surface area contributed by atoms with Gasteiger partial charge < -0.3 is 10.5 Å². The lowest BCUT2D eigenvalue weighted by Crippen LogP contribution is -1.93. The van der Waals surface area contributed by atoms with Crippen molar-refractivity contribution in [2.45, 2.75) is 4.90 Å². The van der Waals surface area contributed by atoms with Crippen LogP contribution in [0.5, 0.6) is 0 Å². The molecule has 0 spiro atoms. The second-order valence-corrected chi connectivity index (χ2v) is 3.75. The molecule has 0 bridgehead atoms. The average molecular weight is 227 g/mol. The van der Waals surface area contributed by atoms with E-state index in [4.69, 9.17) is 10.5 Å². The fraction of sp³-hybridized carbons (Fsp3) is 0.200. The molecule has 0 atom stereocenters.